The van der Waals surface area contributed by atoms with Crippen LogP contribution >= 0.6 is 0 Å². The Morgan fingerprint density at radius 3 is 2.60 bits per heavy atom. The molecule has 20 heavy (non-hydrogen) atoms. The van der Waals surface area contributed by atoms with Crippen LogP contribution in [0.4, 0.5) is 14.5 Å². The highest BCUT2D eigenvalue weighted by molar-refractivity contribution is 7.89. The monoisotopic (exact) mass is 306 g/mol. The molecule has 1 aromatic carbocycles. The third kappa shape index (κ3) is 3.08. The second-order valence-corrected chi connectivity index (χ2v) is 6.48. The normalized spacial score (nSPS) is 23.1. The molecule has 5 nitrogen and oxygen atoms in total. The molecule has 1 aromatic rings. The van der Waals surface area contributed by atoms with Crippen LogP contribution in [0.15, 0.2) is 17.0 Å². The van der Waals surface area contributed by atoms with Crippen molar-refractivity contribution in [2.24, 2.45) is 0 Å². The van der Waals surface area contributed by atoms with Crippen molar-refractivity contribution in [1.82, 2.24) is 4.72 Å². The van der Waals surface area contributed by atoms with Crippen molar-refractivity contribution < 1.29 is 21.9 Å². The molecule has 2 rings (SSSR count). The lowest BCUT2D eigenvalue weighted by atomic mass is 10.3. The van der Waals surface area contributed by atoms with Crippen molar-refractivity contribution >= 4 is 15.7 Å². The molecule has 112 valence electrons. The molecule has 8 heteroatoms. The maximum Gasteiger partial charge on any atom is 0.243 e. The summed E-state index contributed by atoms with van der Waals surface area (Å²) in [5, 5.41) is 0. The van der Waals surface area contributed by atoms with Crippen LogP contribution in [0.2, 0.25) is 0 Å². The first-order chi connectivity index (χ1) is 9.33. The average Bonchev–Trinajstić information content (AvgIpc) is 2.80. The van der Waals surface area contributed by atoms with E-state index < -0.39 is 32.2 Å². The number of nitrogen functional groups attached to an aromatic ring is 1. The topological polar surface area (TPSA) is 81.4 Å². The maximum absolute atomic E-state index is 13.6. The smallest absolute Gasteiger partial charge is 0.243 e. The summed E-state index contributed by atoms with van der Waals surface area (Å²) >= 11 is 0. The van der Waals surface area contributed by atoms with Crippen molar-refractivity contribution in [3.05, 3.63) is 23.8 Å². The Balaban J connectivity index is 2.21. The molecule has 2 atom stereocenters. The second-order valence-electron chi connectivity index (χ2n) is 4.79. The fourth-order valence-electron chi connectivity index (χ4n) is 2.29. The van der Waals surface area contributed by atoms with E-state index in [9.17, 15) is 17.2 Å². The number of halogens is 2. The summed E-state index contributed by atoms with van der Waals surface area (Å²) in [5.74, 6) is -2.15. The number of nitrogens with two attached hydrogens (primary N) is 1. The summed E-state index contributed by atoms with van der Waals surface area (Å²) in [6.45, 7) is 0. The van der Waals surface area contributed by atoms with Crippen LogP contribution in [0, 0.1) is 11.6 Å². The summed E-state index contributed by atoms with van der Waals surface area (Å²) in [6.07, 6.45) is 1.85. The lowest BCUT2D eigenvalue weighted by Crippen LogP contribution is -2.34. The molecule has 1 aliphatic rings. The van der Waals surface area contributed by atoms with Crippen molar-refractivity contribution in [2.75, 3.05) is 12.8 Å². The average molecular weight is 306 g/mol. The van der Waals surface area contributed by atoms with Gasteiger partial charge in [0.15, 0.2) is 0 Å². The Kier molecular flexibility index (Phi) is 4.26. The number of ether oxygens (including phenoxy) is 1. The van der Waals surface area contributed by atoms with Gasteiger partial charge in [-0.25, -0.2) is 21.9 Å². The van der Waals surface area contributed by atoms with Crippen molar-refractivity contribution in [3.8, 4) is 0 Å². The van der Waals surface area contributed by atoms with E-state index >= 15 is 0 Å². The Bertz CT molecular complexity index is 607. The van der Waals surface area contributed by atoms with Gasteiger partial charge in [-0.1, -0.05) is 0 Å². The third-order valence-electron chi connectivity index (χ3n) is 3.38. The van der Waals surface area contributed by atoms with Gasteiger partial charge in [-0.2, -0.15) is 0 Å². The fraction of sp³-hybridized carbons (Fsp3) is 0.500. The van der Waals surface area contributed by atoms with E-state index in [1.165, 1.54) is 0 Å². The highest BCUT2D eigenvalue weighted by Gasteiger charge is 2.30. The number of hydrogen-bond donors (Lipinski definition) is 2. The molecule has 0 heterocycles. The van der Waals surface area contributed by atoms with Gasteiger partial charge in [-0.05, 0) is 25.3 Å². The lowest BCUT2D eigenvalue weighted by Gasteiger charge is -2.14. The fourth-order valence-corrected chi connectivity index (χ4v) is 3.67. The summed E-state index contributed by atoms with van der Waals surface area (Å²) < 4.78 is 58.4. The van der Waals surface area contributed by atoms with Gasteiger partial charge in [-0.3, -0.25) is 0 Å². The number of methoxy groups -OCH3 is 1. The molecule has 0 bridgehead atoms. The number of anilines is 1. The molecule has 0 aromatic heterocycles. The standard InChI is InChI=1S/C12H16F2N2O3S/c1-19-8-3-2-7(4-8)16-20(17,18)12-6-11(15)9(13)5-10(12)14/h5-8,16H,2-4,15H2,1H3. The molecular weight excluding hydrogens is 290 g/mol. The summed E-state index contributed by atoms with van der Waals surface area (Å²) in [5.41, 5.74) is 4.87. The largest absolute Gasteiger partial charge is 0.396 e. The molecule has 1 aliphatic carbocycles. The molecule has 1 saturated carbocycles. The van der Waals surface area contributed by atoms with E-state index in [4.69, 9.17) is 10.5 Å². The van der Waals surface area contributed by atoms with Gasteiger partial charge in [0.2, 0.25) is 10.0 Å². The third-order valence-corrected chi connectivity index (χ3v) is 4.92. The Hall–Kier alpha value is -1.25. The van der Waals surface area contributed by atoms with Gasteiger partial charge in [-0.15, -0.1) is 0 Å². The zero-order valence-corrected chi connectivity index (χ0v) is 11.7. The van der Waals surface area contributed by atoms with Crippen molar-refractivity contribution in [3.63, 3.8) is 0 Å². The van der Waals surface area contributed by atoms with Crippen LogP contribution in [0.1, 0.15) is 19.3 Å². The molecule has 0 saturated heterocycles. The first-order valence-electron chi connectivity index (χ1n) is 6.13. The van der Waals surface area contributed by atoms with Gasteiger partial charge in [0.05, 0.1) is 11.8 Å². The predicted octanol–water partition coefficient (Wildman–Crippen LogP) is 1.39. The highest BCUT2D eigenvalue weighted by atomic mass is 32.2. The second kappa shape index (κ2) is 5.63. The Morgan fingerprint density at radius 1 is 1.30 bits per heavy atom. The molecular formula is C12H16F2N2O3S. The van der Waals surface area contributed by atoms with E-state index in [1.807, 2.05) is 0 Å². The van der Waals surface area contributed by atoms with Gasteiger partial charge in [0.25, 0.3) is 0 Å². The van der Waals surface area contributed by atoms with Crippen molar-refractivity contribution in [1.29, 1.82) is 0 Å². The van der Waals surface area contributed by atoms with Crippen LogP contribution in [-0.2, 0) is 14.8 Å². The quantitative estimate of drug-likeness (QED) is 0.824. The molecule has 0 amide bonds. The summed E-state index contributed by atoms with van der Waals surface area (Å²) in [7, 11) is -2.52. The van der Waals surface area contributed by atoms with Crippen LogP contribution in [-0.4, -0.2) is 27.7 Å². The SMILES string of the molecule is COC1CCC(NS(=O)(=O)c2cc(N)c(F)cc2F)C1. The first kappa shape index (κ1) is 15.1. The zero-order valence-electron chi connectivity index (χ0n) is 10.9. The Labute approximate surface area is 116 Å². The van der Waals surface area contributed by atoms with Crippen LogP contribution in [0.25, 0.3) is 0 Å². The van der Waals surface area contributed by atoms with E-state index in [2.05, 4.69) is 4.72 Å². The minimum Gasteiger partial charge on any atom is -0.396 e. The maximum atomic E-state index is 13.6. The molecule has 0 aliphatic heterocycles. The highest BCUT2D eigenvalue weighted by Crippen LogP contribution is 2.25. The number of benzene rings is 1. The Morgan fingerprint density at radius 2 is 2.00 bits per heavy atom. The number of nitrogens with one attached hydrogen (secondary N) is 1. The predicted molar refractivity (Wildman–Crippen MR) is 69.5 cm³/mol. The van der Waals surface area contributed by atoms with E-state index in [1.54, 1.807) is 7.11 Å². The molecule has 2 unspecified atom stereocenters. The summed E-state index contributed by atoms with van der Waals surface area (Å²) in [4.78, 5) is -0.641. The first-order valence-corrected chi connectivity index (χ1v) is 7.61. The molecule has 0 radical (unpaired) electrons. The van der Waals surface area contributed by atoms with E-state index in [-0.39, 0.29) is 12.1 Å². The van der Waals surface area contributed by atoms with Crippen LogP contribution in [0.3, 0.4) is 0 Å². The van der Waals surface area contributed by atoms with Crippen molar-refractivity contribution in [2.45, 2.75) is 36.3 Å². The van der Waals surface area contributed by atoms with Gasteiger partial charge < -0.3 is 10.5 Å². The van der Waals surface area contributed by atoms with E-state index in [0.29, 0.717) is 18.9 Å². The van der Waals surface area contributed by atoms with Gasteiger partial charge in [0, 0.05) is 19.2 Å². The molecule has 1 fully saturated rings. The zero-order chi connectivity index (χ0) is 14.9. The lowest BCUT2D eigenvalue weighted by molar-refractivity contribution is 0.107. The molecule has 0 spiro atoms. The molecule has 3 N–H and O–H groups in total. The van der Waals surface area contributed by atoms with Crippen LogP contribution < -0.4 is 10.5 Å². The summed E-state index contributed by atoms with van der Waals surface area (Å²) in [6, 6.07) is 0.933. The number of hydrogen-bond acceptors (Lipinski definition) is 4. The minimum atomic E-state index is -4.07. The minimum absolute atomic E-state index is 0.00849. The number of sulfonamides is 1. The van der Waals surface area contributed by atoms with Crippen LogP contribution in [0.5, 0.6) is 0 Å². The van der Waals surface area contributed by atoms with E-state index in [0.717, 1.165) is 12.5 Å². The van der Waals surface area contributed by atoms with Gasteiger partial charge in [0.1, 0.15) is 16.5 Å². The van der Waals surface area contributed by atoms with Gasteiger partial charge >= 0.3 is 0 Å². The number of rotatable bonds is 4.